The fourth-order valence-electron chi connectivity index (χ4n) is 3.62. The lowest BCUT2D eigenvalue weighted by Crippen LogP contribution is -2.44. The minimum absolute atomic E-state index is 0.0954. The number of nitrogens with zero attached hydrogens (tertiary/aromatic N) is 2. The fourth-order valence-corrected chi connectivity index (χ4v) is 3.62. The molecule has 4 nitrogen and oxygen atoms in total. The smallest absolute Gasteiger partial charge is 0.253 e. The van der Waals surface area contributed by atoms with Crippen molar-refractivity contribution in [3.05, 3.63) is 65.5 Å². The molecule has 1 aliphatic heterocycles. The van der Waals surface area contributed by atoms with Gasteiger partial charge in [0.05, 0.1) is 0 Å². The molecule has 0 bridgehead atoms. The number of carbonyl (C=O) groups excluding carboxylic acids is 2. The number of aryl methyl sites for hydroxylation is 1. The molecule has 0 atom stereocenters. The molecule has 1 saturated heterocycles. The maximum absolute atomic E-state index is 13.4. The molecular weight excluding hydrogens is 343 g/mol. The van der Waals surface area contributed by atoms with Crippen LogP contribution >= 0.6 is 0 Å². The quantitative estimate of drug-likeness (QED) is 0.817. The molecule has 0 spiro atoms. The van der Waals surface area contributed by atoms with Crippen molar-refractivity contribution in [3.8, 4) is 0 Å². The minimum Gasteiger partial charge on any atom is -0.339 e. The van der Waals surface area contributed by atoms with E-state index in [0.717, 1.165) is 11.3 Å². The number of anilines is 1. The van der Waals surface area contributed by atoms with Crippen LogP contribution in [0, 0.1) is 18.7 Å². The van der Waals surface area contributed by atoms with Gasteiger partial charge in [-0.25, -0.2) is 4.39 Å². The molecule has 1 aliphatic rings. The summed E-state index contributed by atoms with van der Waals surface area (Å²) in [6.45, 7) is 5.63. The van der Waals surface area contributed by atoms with Crippen molar-refractivity contribution in [1.82, 2.24) is 4.90 Å². The Morgan fingerprint density at radius 2 is 1.81 bits per heavy atom. The van der Waals surface area contributed by atoms with E-state index in [1.54, 1.807) is 17.0 Å². The van der Waals surface area contributed by atoms with Crippen molar-refractivity contribution in [2.45, 2.75) is 26.7 Å². The average Bonchev–Trinajstić information content (AvgIpc) is 2.68. The first-order valence-electron chi connectivity index (χ1n) is 9.42. The lowest BCUT2D eigenvalue weighted by molar-refractivity contribution is -0.123. The zero-order valence-corrected chi connectivity index (χ0v) is 15.8. The molecule has 0 N–H and O–H groups in total. The predicted octanol–water partition coefficient (Wildman–Crippen LogP) is 4.04. The van der Waals surface area contributed by atoms with E-state index in [1.165, 1.54) is 12.1 Å². The number of carbonyl (C=O) groups is 2. The number of hydrogen-bond acceptors (Lipinski definition) is 2. The van der Waals surface area contributed by atoms with Crippen molar-refractivity contribution in [2.24, 2.45) is 5.92 Å². The second kappa shape index (κ2) is 8.33. The molecule has 2 aromatic rings. The van der Waals surface area contributed by atoms with Gasteiger partial charge < -0.3 is 9.80 Å². The van der Waals surface area contributed by atoms with Gasteiger partial charge in [0.25, 0.3) is 5.91 Å². The van der Waals surface area contributed by atoms with Crippen LogP contribution in [-0.2, 0) is 4.79 Å². The fraction of sp³-hybridized carbons (Fsp3) is 0.364. The third-order valence-electron chi connectivity index (χ3n) is 5.10. The van der Waals surface area contributed by atoms with Gasteiger partial charge in [0.1, 0.15) is 5.82 Å². The predicted molar refractivity (Wildman–Crippen MR) is 104 cm³/mol. The van der Waals surface area contributed by atoms with Crippen LogP contribution in [-0.4, -0.2) is 36.3 Å². The van der Waals surface area contributed by atoms with Crippen LogP contribution in [0.25, 0.3) is 0 Å². The maximum Gasteiger partial charge on any atom is 0.253 e. The number of piperidine rings is 1. The summed E-state index contributed by atoms with van der Waals surface area (Å²) in [6, 6.07) is 13.7. The Bertz CT molecular complexity index is 829. The standard InChI is InChI=1S/C22H25FN2O2/c1-3-25(20-9-4-6-16(2)14-20)22(27)17-10-12-24(13-11-17)21(26)18-7-5-8-19(23)15-18/h4-9,14-15,17H,3,10-13H2,1-2H3. The van der Waals surface area contributed by atoms with Crippen molar-refractivity contribution in [2.75, 3.05) is 24.5 Å². The van der Waals surface area contributed by atoms with Gasteiger partial charge in [-0.1, -0.05) is 18.2 Å². The van der Waals surface area contributed by atoms with Crippen LogP contribution in [0.4, 0.5) is 10.1 Å². The van der Waals surface area contributed by atoms with Crippen LogP contribution in [0.1, 0.15) is 35.7 Å². The molecule has 0 saturated carbocycles. The van der Waals surface area contributed by atoms with Gasteiger partial charge in [-0.15, -0.1) is 0 Å². The van der Waals surface area contributed by atoms with Crippen LogP contribution in [0.15, 0.2) is 48.5 Å². The Hall–Kier alpha value is -2.69. The molecule has 2 aromatic carbocycles. The average molecular weight is 368 g/mol. The number of likely N-dealkylation sites (tertiary alicyclic amines) is 1. The third kappa shape index (κ3) is 4.35. The van der Waals surface area contributed by atoms with E-state index in [-0.39, 0.29) is 17.7 Å². The van der Waals surface area contributed by atoms with Crippen LogP contribution in [0.5, 0.6) is 0 Å². The number of amides is 2. The molecule has 142 valence electrons. The van der Waals surface area contributed by atoms with E-state index in [0.29, 0.717) is 38.0 Å². The van der Waals surface area contributed by atoms with E-state index < -0.39 is 5.82 Å². The Morgan fingerprint density at radius 3 is 2.44 bits per heavy atom. The summed E-state index contributed by atoms with van der Waals surface area (Å²) in [5, 5.41) is 0. The van der Waals surface area contributed by atoms with Crippen molar-refractivity contribution >= 4 is 17.5 Å². The lowest BCUT2D eigenvalue weighted by Gasteiger charge is -2.34. The summed E-state index contributed by atoms with van der Waals surface area (Å²) in [4.78, 5) is 29.1. The summed E-state index contributed by atoms with van der Waals surface area (Å²) in [7, 11) is 0. The molecule has 3 rings (SSSR count). The Morgan fingerprint density at radius 1 is 1.11 bits per heavy atom. The third-order valence-corrected chi connectivity index (χ3v) is 5.10. The Labute approximate surface area is 159 Å². The maximum atomic E-state index is 13.4. The number of benzene rings is 2. The number of halogens is 1. The summed E-state index contributed by atoms with van der Waals surface area (Å²) in [6.07, 6.45) is 1.25. The summed E-state index contributed by atoms with van der Waals surface area (Å²) < 4.78 is 13.4. The summed E-state index contributed by atoms with van der Waals surface area (Å²) in [5.74, 6) is -0.572. The zero-order chi connectivity index (χ0) is 19.4. The molecule has 2 amide bonds. The van der Waals surface area contributed by atoms with E-state index in [9.17, 15) is 14.0 Å². The van der Waals surface area contributed by atoms with Crippen molar-refractivity contribution in [3.63, 3.8) is 0 Å². The normalized spacial score (nSPS) is 14.9. The van der Waals surface area contributed by atoms with E-state index >= 15 is 0 Å². The van der Waals surface area contributed by atoms with Gasteiger partial charge in [-0.3, -0.25) is 9.59 Å². The summed E-state index contributed by atoms with van der Waals surface area (Å²) >= 11 is 0. The first-order chi connectivity index (χ1) is 13.0. The van der Waals surface area contributed by atoms with Gasteiger partial charge in [0, 0.05) is 36.8 Å². The summed E-state index contributed by atoms with van der Waals surface area (Å²) in [5.41, 5.74) is 2.39. The van der Waals surface area contributed by atoms with Crippen molar-refractivity contribution < 1.29 is 14.0 Å². The highest BCUT2D eigenvalue weighted by molar-refractivity contribution is 5.96. The Kier molecular flexibility index (Phi) is 5.89. The van der Waals surface area contributed by atoms with Gasteiger partial charge in [0.15, 0.2) is 0 Å². The monoisotopic (exact) mass is 368 g/mol. The van der Waals surface area contributed by atoms with Gasteiger partial charge >= 0.3 is 0 Å². The SMILES string of the molecule is CCN(C(=O)C1CCN(C(=O)c2cccc(F)c2)CC1)c1cccc(C)c1. The highest BCUT2D eigenvalue weighted by Crippen LogP contribution is 2.25. The molecular formula is C22H25FN2O2. The molecule has 0 radical (unpaired) electrons. The lowest BCUT2D eigenvalue weighted by atomic mass is 9.94. The number of rotatable bonds is 4. The van der Waals surface area contributed by atoms with E-state index in [1.807, 2.05) is 43.0 Å². The topological polar surface area (TPSA) is 40.6 Å². The largest absolute Gasteiger partial charge is 0.339 e. The Balaban J connectivity index is 1.64. The van der Waals surface area contributed by atoms with Crippen LogP contribution < -0.4 is 4.90 Å². The van der Waals surface area contributed by atoms with Crippen molar-refractivity contribution in [1.29, 1.82) is 0 Å². The minimum atomic E-state index is -0.414. The van der Waals surface area contributed by atoms with E-state index in [4.69, 9.17) is 0 Å². The molecule has 5 heteroatoms. The second-order valence-corrected chi connectivity index (χ2v) is 7.00. The van der Waals surface area contributed by atoms with Gasteiger partial charge in [0.2, 0.25) is 5.91 Å². The first-order valence-corrected chi connectivity index (χ1v) is 9.42. The van der Waals surface area contributed by atoms with Gasteiger partial charge in [-0.2, -0.15) is 0 Å². The van der Waals surface area contributed by atoms with Crippen LogP contribution in [0.2, 0.25) is 0 Å². The highest BCUT2D eigenvalue weighted by atomic mass is 19.1. The van der Waals surface area contributed by atoms with Gasteiger partial charge in [-0.05, 0) is 62.6 Å². The van der Waals surface area contributed by atoms with Crippen LogP contribution in [0.3, 0.4) is 0 Å². The molecule has 27 heavy (non-hydrogen) atoms. The second-order valence-electron chi connectivity index (χ2n) is 7.00. The molecule has 1 heterocycles. The highest BCUT2D eigenvalue weighted by Gasteiger charge is 2.30. The molecule has 0 aromatic heterocycles. The zero-order valence-electron chi connectivity index (χ0n) is 15.8. The first kappa shape index (κ1) is 19.1. The molecule has 0 aliphatic carbocycles. The molecule has 0 unspecified atom stereocenters. The molecule has 1 fully saturated rings. The van der Waals surface area contributed by atoms with E-state index in [2.05, 4.69) is 0 Å². The number of hydrogen-bond donors (Lipinski definition) is 0.